The Morgan fingerprint density at radius 1 is 1.27 bits per heavy atom. The molecule has 0 N–H and O–H groups in total. The molecule has 0 radical (unpaired) electrons. The minimum Gasteiger partial charge on any atom is -0.368 e. The molecule has 1 heterocycles. The molecule has 0 spiro atoms. The maximum atomic E-state index is 5.40. The van der Waals surface area contributed by atoms with E-state index in [1.807, 2.05) is 6.26 Å². The first-order valence-corrected chi connectivity index (χ1v) is 8.40. The first-order chi connectivity index (χ1) is 10.6. The van der Waals surface area contributed by atoms with Crippen LogP contribution in [0.25, 0.3) is 0 Å². The molecule has 1 atom stereocenters. The summed E-state index contributed by atoms with van der Waals surface area (Å²) in [6.07, 6.45) is 5.32. The van der Waals surface area contributed by atoms with Gasteiger partial charge in [-0.15, -0.1) is 0 Å². The summed E-state index contributed by atoms with van der Waals surface area (Å²) in [5.74, 6) is 0. The minimum atomic E-state index is -0.0511. The Kier molecular flexibility index (Phi) is 3.98. The molecule has 0 bridgehead atoms. The van der Waals surface area contributed by atoms with Crippen molar-refractivity contribution in [3.05, 3.63) is 46.8 Å². The van der Waals surface area contributed by atoms with Crippen molar-refractivity contribution in [2.24, 2.45) is 0 Å². The molecule has 0 saturated heterocycles. The first-order valence-electron chi connectivity index (χ1n) is 8.40. The number of benzene rings is 1. The van der Waals surface area contributed by atoms with Gasteiger partial charge in [0.25, 0.3) is 0 Å². The summed E-state index contributed by atoms with van der Waals surface area (Å²) in [6.45, 7) is 10.8. The third-order valence-corrected chi connectivity index (χ3v) is 5.16. The highest BCUT2D eigenvalue weighted by atomic mass is 16.5. The molecule has 1 aromatic heterocycles. The second kappa shape index (κ2) is 5.79. The molecule has 2 aromatic rings. The van der Waals surface area contributed by atoms with Crippen molar-refractivity contribution in [1.82, 2.24) is 5.16 Å². The number of aryl methyl sites for hydroxylation is 2. The summed E-state index contributed by atoms with van der Waals surface area (Å²) in [6, 6.07) is 6.85. The maximum Gasteiger partial charge on any atom is 0.147 e. The quantitative estimate of drug-likeness (QED) is 0.834. The molecule has 0 fully saturated rings. The van der Waals surface area contributed by atoms with Gasteiger partial charge in [-0.05, 0) is 58.1 Å². The Labute approximate surface area is 133 Å². The van der Waals surface area contributed by atoms with Gasteiger partial charge in [0.15, 0.2) is 0 Å². The summed E-state index contributed by atoms with van der Waals surface area (Å²) in [7, 11) is 0. The van der Waals surface area contributed by atoms with Crippen LogP contribution in [0.2, 0.25) is 0 Å². The fraction of sp³-hybridized carbons (Fsp3) is 0.526. The predicted octanol–water partition coefficient (Wildman–Crippen LogP) is 4.47. The number of aromatic nitrogens is 1. The number of hydrogen-bond acceptors (Lipinski definition) is 3. The van der Waals surface area contributed by atoms with Crippen LogP contribution in [0, 0.1) is 6.92 Å². The molecule has 1 aliphatic rings. The summed E-state index contributed by atoms with van der Waals surface area (Å²) >= 11 is 0. The molecular weight excluding hydrogens is 272 g/mol. The molecule has 0 amide bonds. The lowest BCUT2D eigenvalue weighted by atomic mass is 9.68. The number of rotatable bonds is 4. The molecule has 0 aliphatic heterocycles. The van der Waals surface area contributed by atoms with Gasteiger partial charge < -0.3 is 9.42 Å². The topological polar surface area (TPSA) is 29.3 Å². The Balaban J connectivity index is 2.13. The van der Waals surface area contributed by atoms with E-state index in [0.29, 0.717) is 0 Å². The van der Waals surface area contributed by atoms with Gasteiger partial charge >= 0.3 is 0 Å². The Bertz CT molecular complexity index is 657. The highest BCUT2D eigenvalue weighted by Crippen LogP contribution is 2.45. The zero-order chi connectivity index (χ0) is 15.7. The molecule has 0 saturated carbocycles. The molecule has 1 unspecified atom stereocenters. The van der Waals surface area contributed by atoms with Crippen LogP contribution in [-0.4, -0.2) is 18.2 Å². The van der Waals surface area contributed by atoms with E-state index in [1.54, 1.807) is 0 Å². The smallest absolute Gasteiger partial charge is 0.147 e. The van der Waals surface area contributed by atoms with Crippen molar-refractivity contribution >= 4 is 5.69 Å². The average Bonchev–Trinajstić information content (AvgIpc) is 3.00. The summed E-state index contributed by atoms with van der Waals surface area (Å²) in [5, 5.41) is 4.44. The van der Waals surface area contributed by atoms with Crippen molar-refractivity contribution < 1.29 is 4.52 Å². The first kappa shape index (κ1) is 15.1. The zero-order valence-electron chi connectivity index (χ0n) is 14.1. The van der Waals surface area contributed by atoms with Crippen LogP contribution in [0.4, 0.5) is 5.69 Å². The fourth-order valence-corrected chi connectivity index (χ4v) is 3.84. The van der Waals surface area contributed by atoms with Crippen molar-refractivity contribution in [3.63, 3.8) is 0 Å². The van der Waals surface area contributed by atoms with Gasteiger partial charge in [0.1, 0.15) is 17.6 Å². The van der Waals surface area contributed by atoms with Gasteiger partial charge in [-0.1, -0.05) is 28.9 Å². The van der Waals surface area contributed by atoms with E-state index in [-0.39, 0.29) is 5.41 Å². The molecule has 3 nitrogen and oxygen atoms in total. The summed E-state index contributed by atoms with van der Waals surface area (Å²) in [4.78, 5) is 2.33. The SMILES string of the molecule is CCN(CC)c1conc1C1(C)CCCc2ccc(C)cc21. The van der Waals surface area contributed by atoms with E-state index in [2.05, 4.69) is 56.0 Å². The highest BCUT2D eigenvalue weighted by molar-refractivity contribution is 5.56. The van der Waals surface area contributed by atoms with Crippen LogP contribution < -0.4 is 4.90 Å². The van der Waals surface area contributed by atoms with Crippen LogP contribution in [0.1, 0.15) is 56.0 Å². The monoisotopic (exact) mass is 298 g/mol. The molecule has 1 aliphatic carbocycles. The van der Waals surface area contributed by atoms with Crippen LogP contribution in [0.5, 0.6) is 0 Å². The number of anilines is 1. The van der Waals surface area contributed by atoms with Crippen molar-refractivity contribution in [1.29, 1.82) is 0 Å². The second-order valence-corrected chi connectivity index (χ2v) is 6.57. The highest BCUT2D eigenvalue weighted by Gasteiger charge is 2.39. The van der Waals surface area contributed by atoms with Crippen LogP contribution in [0.3, 0.4) is 0 Å². The zero-order valence-corrected chi connectivity index (χ0v) is 14.1. The van der Waals surface area contributed by atoms with Gasteiger partial charge in [0, 0.05) is 18.5 Å². The molecular formula is C19H26N2O. The lowest BCUT2D eigenvalue weighted by Gasteiger charge is -2.36. The van der Waals surface area contributed by atoms with Gasteiger partial charge in [0.05, 0.1) is 0 Å². The molecule has 3 heteroatoms. The summed E-state index contributed by atoms with van der Waals surface area (Å²) < 4.78 is 5.40. The van der Waals surface area contributed by atoms with E-state index in [1.165, 1.54) is 29.5 Å². The molecule has 3 rings (SSSR count). The number of nitrogens with zero attached hydrogens (tertiary/aromatic N) is 2. The third-order valence-electron chi connectivity index (χ3n) is 5.16. The number of fused-ring (bicyclic) bond motifs is 1. The lowest BCUT2D eigenvalue weighted by molar-refractivity contribution is 0.376. The molecule has 118 valence electrons. The van der Waals surface area contributed by atoms with E-state index in [0.717, 1.165) is 30.9 Å². The van der Waals surface area contributed by atoms with E-state index < -0.39 is 0 Å². The largest absolute Gasteiger partial charge is 0.368 e. The summed E-state index contributed by atoms with van der Waals surface area (Å²) in [5.41, 5.74) is 6.42. The van der Waals surface area contributed by atoms with E-state index >= 15 is 0 Å². The van der Waals surface area contributed by atoms with Crippen LogP contribution in [0.15, 0.2) is 29.0 Å². The van der Waals surface area contributed by atoms with Gasteiger partial charge in [-0.25, -0.2) is 0 Å². The normalized spacial score (nSPS) is 20.7. The van der Waals surface area contributed by atoms with Gasteiger partial charge in [-0.2, -0.15) is 0 Å². The van der Waals surface area contributed by atoms with E-state index in [4.69, 9.17) is 4.52 Å². The van der Waals surface area contributed by atoms with Gasteiger partial charge in [-0.3, -0.25) is 0 Å². The Hall–Kier alpha value is -1.77. The molecule has 22 heavy (non-hydrogen) atoms. The standard InChI is InChI=1S/C19H26N2O/c1-5-21(6-2)17-13-22-20-18(17)19(4)11-7-8-15-10-9-14(3)12-16(15)19/h9-10,12-13H,5-8,11H2,1-4H3. The van der Waals surface area contributed by atoms with Gasteiger partial charge in [0.2, 0.25) is 0 Å². The minimum absolute atomic E-state index is 0.0511. The van der Waals surface area contributed by atoms with Crippen LogP contribution in [-0.2, 0) is 11.8 Å². The second-order valence-electron chi connectivity index (χ2n) is 6.57. The van der Waals surface area contributed by atoms with E-state index in [9.17, 15) is 0 Å². The third kappa shape index (κ3) is 2.33. The Morgan fingerprint density at radius 2 is 2.05 bits per heavy atom. The molecule has 1 aromatic carbocycles. The fourth-order valence-electron chi connectivity index (χ4n) is 3.84. The maximum absolute atomic E-state index is 5.40. The van der Waals surface area contributed by atoms with Crippen LogP contribution >= 0.6 is 0 Å². The predicted molar refractivity (Wildman–Crippen MR) is 90.6 cm³/mol. The van der Waals surface area contributed by atoms with Crippen molar-refractivity contribution in [3.8, 4) is 0 Å². The number of hydrogen-bond donors (Lipinski definition) is 0. The lowest BCUT2D eigenvalue weighted by Crippen LogP contribution is -2.32. The van der Waals surface area contributed by atoms with Crippen molar-refractivity contribution in [2.45, 2.75) is 52.4 Å². The van der Waals surface area contributed by atoms with Crippen molar-refractivity contribution in [2.75, 3.05) is 18.0 Å². The Morgan fingerprint density at radius 3 is 2.77 bits per heavy atom. The average molecular weight is 298 g/mol.